The van der Waals surface area contributed by atoms with Crippen molar-refractivity contribution in [3.05, 3.63) is 97.3 Å². The highest BCUT2D eigenvalue weighted by atomic mass is 35.5. The predicted molar refractivity (Wildman–Crippen MR) is 131 cm³/mol. The Bertz CT molecular complexity index is 1520. The fourth-order valence-electron chi connectivity index (χ4n) is 3.88. The number of hydrogen-bond acceptors (Lipinski definition) is 5. The van der Waals surface area contributed by atoms with Gasteiger partial charge in [-0.3, -0.25) is 9.59 Å². The zero-order chi connectivity index (χ0) is 24.4. The molecule has 9 heteroatoms. The van der Waals surface area contributed by atoms with Gasteiger partial charge in [0.2, 0.25) is 5.91 Å². The third-order valence-electron chi connectivity index (χ3n) is 5.48. The molecule has 4 rings (SSSR count). The predicted octanol–water partition coefficient (Wildman–Crippen LogP) is 3.14. The van der Waals surface area contributed by atoms with E-state index in [4.69, 9.17) is 16.3 Å². The Morgan fingerprint density at radius 3 is 2.53 bits per heavy atom. The summed E-state index contributed by atoms with van der Waals surface area (Å²) in [6, 6.07) is 15.8. The van der Waals surface area contributed by atoms with Crippen LogP contribution in [0, 0.1) is 13.8 Å². The molecule has 8 nitrogen and oxygen atoms in total. The van der Waals surface area contributed by atoms with E-state index in [-0.39, 0.29) is 17.6 Å². The van der Waals surface area contributed by atoms with Crippen LogP contribution in [0.1, 0.15) is 16.8 Å². The summed E-state index contributed by atoms with van der Waals surface area (Å²) in [6.45, 7) is 3.27. The van der Waals surface area contributed by atoms with Crippen molar-refractivity contribution in [2.75, 3.05) is 7.11 Å². The first-order valence-electron chi connectivity index (χ1n) is 10.6. The molecule has 0 unspecified atom stereocenters. The standard InChI is InChI=1S/C25H23ClN4O4/c1-15-12-16(2)28-23-22(15)24(32)29(14-21(31)27-13-17-8-4-5-9-18(17)26)25(33)30(23)19-10-6-7-11-20(19)34-3/h4-12H,13-14H2,1-3H3,(H,27,31). The third kappa shape index (κ3) is 4.32. The molecule has 0 saturated heterocycles. The Kier molecular flexibility index (Phi) is 6.51. The zero-order valence-electron chi connectivity index (χ0n) is 19.0. The Labute approximate surface area is 200 Å². The topological polar surface area (TPSA) is 95.2 Å². The van der Waals surface area contributed by atoms with Crippen molar-refractivity contribution in [1.82, 2.24) is 19.4 Å². The molecule has 0 spiro atoms. The highest BCUT2D eigenvalue weighted by molar-refractivity contribution is 6.31. The molecule has 0 fully saturated rings. The first kappa shape index (κ1) is 23.3. The van der Waals surface area contributed by atoms with Gasteiger partial charge in [-0.25, -0.2) is 18.9 Å². The summed E-state index contributed by atoms with van der Waals surface area (Å²) in [5.74, 6) is -0.0667. The van der Waals surface area contributed by atoms with Gasteiger partial charge in [0.1, 0.15) is 12.3 Å². The van der Waals surface area contributed by atoms with Gasteiger partial charge in [0.05, 0.1) is 18.2 Å². The van der Waals surface area contributed by atoms with Crippen molar-refractivity contribution in [3.63, 3.8) is 0 Å². The van der Waals surface area contributed by atoms with Crippen molar-refractivity contribution in [2.45, 2.75) is 26.9 Å². The lowest BCUT2D eigenvalue weighted by Crippen LogP contribution is -2.44. The summed E-state index contributed by atoms with van der Waals surface area (Å²) >= 11 is 6.15. The van der Waals surface area contributed by atoms with Gasteiger partial charge < -0.3 is 10.1 Å². The second kappa shape index (κ2) is 9.52. The maximum Gasteiger partial charge on any atom is 0.337 e. The molecular weight excluding hydrogens is 456 g/mol. The number of hydrogen-bond donors (Lipinski definition) is 1. The number of aromatic nitrogens is 3. The number of carbonyl (C=O) groups excluding carboxylic acids is 1. The van der Waals surface area contributed by atoms with Gasteiger partial charge >= 0.3 is 5.69 Å². The molecule has 34 heavy (non-hydrogen) atoms. The molecule has 1 N–H and O–H groups in total. The van der Waals surface area contributed by atoms with E-state index in [1.807, 2.05) is 6.07 Å². The quantitative estimate of drug-likeness (QED) is 0.459. The van der Waals surface area contributed by atoms with Crippen molar-refractivity contribution >= 4 is 28.5 Å². The van der Waals surface area contributed by atoms with E-state index >= 15 is 0 Å². The van der Waals surface area contributed by atoms with Gasteiger partial charge in [0, 0.05) is 17.3 Å². The van der Waals surface area contributed by atoms with Gasteiger partial charge in [-0.15, -0.1) is 0 Å². The summed E-state index contributed by atoms with van der Waals surface area (Å²) in [5.41, 5.74) is 1.40. The number of rotatable bonds is 6. The molecule has 1 amide bonds. The van der Waals surface area contributed by atoms with Crippen LogP contribution < -0.4 is 21.3 Å². The molecule has 174 valence electrons. The van der Waals surface area contributed by atoms with Crippen molar-refractivity contribution in [2.24, 2.45) is 0 Å². The number of nitrogens with zero attached hydrogens (tertiary/aromatic N) is 3. The first-order valence-corrected chi connectivity index (χ1v) is 11.0. The van der Waals surface area contributed by atoms with Crippen molar-refractivity contribution < 1.29 is 9.53 Å². The Balaban J connectivity index is 1.85. The Morgan fingerprint density at radius 2 is 1.79 bits per heavy atom. The molecule has 0 aliphatic carbocycles. The Hall–Kier alpha value is -3.91. The number of para-hydroxylation sites is 2. The minimum Gasteiger partial charge on any atom is -0.495 e. The van der Waals surface area contributed by atoms with E-state index in [2.05, 4.69) is 10.3 Å². The number of aryl methyl sites for hydroxylation is 2. The smallest absolute Gasteiger partial charge is 0.337 e. The molecule has 0 radical (unpaired) electrons. The van der Waals surface area contributed by atoms with Crippen LogP contribution in [0.25, 0.3) is 16.7 Å². The number of nitrogens with one attached hydrogen (secondary N) is 1. The number of fused-ring (bicyclic) bond motifs is 1. The summed E-state index contributed by atoms with van der Waals surface area (Å²) in [5, 5.41) is 3.50. The lowest BCUT2D eigenvalue weighted by Gasteiger charge is -2.17. The van der Waals surface area contributed by atoms with E-state index in [9.17, 15) is 14.4 Å². The van der Waals surface area contributed by atoms with Gasteiger partial charge in [0.25, 0.3) is 5.56 Å². The minimum atomic E-state index is -0.688. The van der Waals surface area contributed by atoms with Gasteiger partial charge in [0.15, 0.2) is 5.65 Å². The van der Waals surface area contributed by atoms with Crippen LogP contribution in [0.4, 0.5) is 0 Å². The molecule has 0 bridgehead atoms. The van der Waals surface area contributed by atoms with E-state index in [0.29, 0.717) is 27.7 Å². The van der Waals surface area contributed by atoms with Crippen LogP contribution in [0.2, 0.25) is 5.02 Å². The summed E-state index contributed by atoms with van der Waals surface area (Å²) in [4.78, 5) is 44.2. The lowest BCUT2D eigenvalue weighted by molar-refractivity contribution is -0.121. The highest BCUT2D eigenvalue weighted by Crippen LogP contribution is 2.24. The summed E-state index contributed by atoms with van der Waals surface area (Å²) < 4.78 is 7.68. The molecule has 0 aliphatic rings. The minimum absolute atomic E-state index is 0.168. The first-order chi connectivity index (χ1) is 16.3. The van der Waals surface area contributed by atoms with E-state index in [0.717, 1.165) is 10.1 Å². The number of pyridine rings is 1. The fourth-order valence-corrected chi connectivity index (χ4v) is 4.09. The number of benzene rings is 2. The lowest BCUT2D eigenvalue weighted by atomic mass is 10.1. The molecule has 4 aromatic rings. The van der Waals surface area contributed by atoms with Crippen LogP contribution >= 0.6 is 11.6 Å². The van der Waals surface area contributed by atoms with Crippen molar-refractivity contribution in [1.29, 1.82) is 0 Å². The zero-order valence-corrected chi connectivity index (χ0v) is 19.7. The van der Waals surface area contributed by atoms with Crippen LogP contribution in [0.3, 0.4) is 0 Å². The second-order valence-electron chi connectivity index (χ2n) is 7.83. The van der Waals surface area contributed by atoms with Gasteiger partial charge in [-0.1, -0.05) is 41.9 Å². The molecule has 2 heterocycles. The summed E-state index contributed by atoms with van der Waals surface area (Å²) in [6.07, 6.45) is 0. The molecule has 0 aliphatic heterocycles. The average Bonchev–Trinajstić information content (AvgIpc) is 2.81. The second-order valence-corrected chi connectivity index (χ2v) is 8.24. The molecule has 2 aromatic heterocycles. The van der Waals surface area contributed by atoms with Crippen LogP contribution in [-0.4, -0.2) is 27.1 Å². The summed E-state index contributed by atoms with van der Waals surface area (Å²) in [7, 11) is 1.49. The normalized spacial score (nSPS) is 10.9. The van der Waals surface area contributed by atoms with Gasteiger partial charge in [-0.05, 0) is 49.2 Å². The number of halogens is 1. The monoisotopic (exact) mass is 478 g/mol. The number of carbonyl (C=O) groups is 1. The molecular formula is C25H23ClN4O4. The maximum absolute atomic E-state index is 13.6. The molecule has 0 saturated carbocycles. The maximum atomic E-state index is 13.6. The number of amides is 1. The number of methoxy groups -OCH3 is 1. The number of ether oxygens (including phenoxy) is 1. The van der Waals surface area contributed by atoms with Crippen LogP contribution in [0.15, 0.2) is 64.2 Å². The van der Waals surface area contributed by atoms with E-state index in [1.54, 1.807) is 62.4 Å². The van der Waals surface area contributed by atoms with Crippen LogP contribution in [-0.2, 0) is 17.9 Å². The third-order valence-corrected chi connectivity index (χ3v) is 5.85. The van der Waals surface area contributed by atoms with E-state index < -0.39 is 23.7 Å². The average molecular weight is 479 g/mol. The Morgan fingerprint density at radius 1 is 1.09 bits per heavy atom. The SMILES string of the molecule is COc1ccccc1-n1c(=O)n(CC(=O)NCc2ccccc2Cl)c(=O)c2c(C)cc(C)nc21. The largest absolute Gasteiger partial charge is 0.495 e. The molecule has 2 aromatic carbocycles. The van der Waals surface area contributed by atoms with Gasteiger partial charge in [-0.2, -0.15) is 0 Å². The fraction of sp³-hybridized carbons (Fsp3) is 0.200. The van der Waals surface area contributed by atoms with Crippen molar-refractivity contribution in [3.8, 4) is 11.4 Å². The van der Waals surface area contributed by atoms with E-state index in [1.165, 1.54) is 11.7 Å². The van der Waals surface area contributed by atoms with Crippen LogP contribution in [0.5, 0.6) is 5.75 Å². The molecule has 0 atom stereocenters. The highest BCUT2D eigenvalue weighted by Gasteiger charge is 2.21.